The third kappa shape index (κ3) is 7.48. The summed E-state index contributed by atoms with van der Waals surface area (Å²) in [5.74, 6) is -0.234. The van der Waals surface area contributed by atoms with Crippen molar-refractivity contribution in [3.05, 3.63) is 11.8 Å². The maximum Gasteiger partial charge on any atom is 0.328 e. The molecule has 0 fully saturated rings. The van der Waals surface area contributed by atoms with Crippen LogP contribution in [0.15, 0.2) is 11.8 Å². The third-order valence-electron chi connectivity index (χ3n) is 3.38. The maximum absolute atomic E-state index is 12.0. The van der Waals surface area contributed by atoms with E-state index < -0.39 is 0 Å². The monoisotopic (exact) mass is 312 g/mol. The first-order valence-electron chi connectivity index (χ1n) is 7.92. The second-order valence-electron chi connectivity index (χ2n) is 6.68. The second-order valence-corrected chi connectivity index (χ2v) is 6.68. The number of nitrogens with zero attached hydrogens (tertiary/aromatic N) is 1. The van der Waals surface area contributed by atoms with Crippen LogP contribution in [0.3, 0.4) is 0 Å². The number of carbonyl (C=O) groups excluding carboxylic acids is 2. The van der Waals surface area contributed by atoms with Gasteiger partial charge in [0.05, 0.1) is 13.7 Å². The van der Waals surface area contributed by atoms with Gasteiger partial charge >= 0.3 is 5.97 Å². The van der Waals surface area contributed by atoms with E-state index in [1.165, 1.54) is 7.11 Å². The number of carbonyl (C=O) groups is 2. The highest BCUT2D eigenvalue weighted by atomic mass is 16.5. The molecule has 0 rings (SSSR count). The molecule has 0 aliphatic carbocycles. The van der Waals surface area contributed by atoms with Gasteiger partial charge in [0, 0.05) is 19.2 Å². The Bertz CT molecular complexity index is 397. The van der Waals surface area contributed by atoms with Crippen LogP contribution in [-0.2, 0) is 14.3 Å². The first kappa shape index (κ1) is 20.5. The molecule has 0 bridgehead atoms. The molecule has 1 unspecified atom stereocenters. The van der Waals surface area contributed by atoms with Gasteiger partial charge in [-0.3, -0.25) is 4.79 Å². The average molecular weight is 312 g/mol. The molecule has 0 heterocycles. The van der Waals surface area contributed by atoms with Gasteiger partial charge in [0.15, 0.2) is 0 Å². The van der Waals surface area contributed by atoms with Crippen LogP contribution in [0.5, 0.6) is 0 Å². The van der Waals surface area contributed by atoms with Crippen molar-refractivity contribution in [3.8, 4) is 0 Å². The number of amides is 1. The molecule has 5 nitrogen and oxygen atoms in total. The SMILES string of the molecule is CC/C=C(\CNC(=O)CC(C)(C)C)N(C)C(CC)C(=O)OC. The molecule has 0 aromatic rings. The van der Waals surface area contributed by atoms with Gasteiger partial charge in [-0.15, -0.1) is 0 Å². The molecule has 0 saturated carbocycles. The van der Waals surface area contributed by atoms with E-state index in [1.807, 2.05) is 52.6 Å². The molecule has 0 aromatic heterocycles. The van der Waals surface area contributed by atoms with E-state index in [0.29, 0.717) is 19.4 Å². The van der Waals surface area contributed by atoms with Gasteiger partial charge in [0.2, 0.25) is 5.91 Å². The zero-order chi connectivity index (χ0) is 17.3. The summed E-state index contributed by atoms with van der Waals surface area (Å²) in [4.78, 5) is 25.7. The van der Waals surface area contributed by atoms with Crippen LogP contribution in [0.1, 0.15) is 53.9 Å². The lowest BCUT2D eigenvalue weighted by Crippen LogP contribution is -2.41. The molecular weight excluding hydrogens is 280 g/mol. The first-order valence-corrected chi connectivity index (χ1v) is 7.92. The van der Waals surface area contributed by atoms with Gasteiger partial charge in [-0.1, -0.05) is 40.7 Å². The summed E-state index contributed by atoms with van der Waals surface area (Å²) in [6, 6.07) is -0.331. The lowest BCUT2D eigenvalue weighted by atomic mass is 9.92. The molecule has 0 radical (unpaired) electrons. The van der Waals surface area contributed by atoms with Gasteiger partial charge in [0.25, 0.3) is 0 Å². The van der Waals surface area contributed by atoms with Crippen LogP contribution in [-0.4, -0.2) is 43.5 Å². The molecule has 0 aromatic carbocycles. The van der Waals surface area contributed by atoms with Crippen LogP contribution < -0.4 is 5.32 Å². The minimum Gasteiger partial charge on any atom is -0.467 e. The minimum absolute atomic E-state index is 0.0222. The summed E-state index contributed by atoms with van der Waals surface area (Å²) < 4.78 is 4.85. The van der Waals surface area contributed by atoms with Gasteiger partial charge in [0.1, 0.15) is 6.04 Å². The molecule has 5 heteroatoms. The molecule has 1 amide bonds. The Morgan fingerprint density at radius 2 is 1.86 bits per heavy atom. The molecule has 22 heavy (non-hydrogen) atoms. The molecule has 128 valence electrons. The highest BCUT2D eigenvalue weighted by molar-refractivity contribution is 5.77. The lowest BCUT2D eigenvalue weighted by molar-refractivity contribution is -0.145. The molecule has 1 N–H and O–H groups in total. The smallest absolute Gasteiger partial charge is 0.328 e. The summed E-state index contributed by atoms with van der Waals surface area (Å²) in [5.41, 5.74) is 0.893. The van der Waals surface area contributed by atoms with Crippen molar-refractivity contribution in [2.75, 3.05) is 20.7 Å². The van der Waals surface area contributed by atoms with Crippen molar-refractivity contribution in [2.24, 2.45) is 5.41 Å². The van der Waals surface area contributed by atoms with Crippen molar-refractivity contribution in [3.63, 3.8) is 0 Å². The Labute approximate surface area is 135 Å². The summed E-state index contributed by atoms with van der Waals surface area (Å²) in [6.07, 6.45) is 4.00. The Balaban J connectivity index is 4.83. The fraction of sp³-hybridized carbons (Fsp3) is 0.765. The number of likely N-dealkylation sites (N-methyl/N-ethyl adjacent to an activating group) is 1. The lowest BCUT2D eigenvalue weighted by Gasteiger charge is -2.30. The number of rotatable bonds is 8. The van der Waals surface area contributed by atoms with Crippen LogP contribution in [0.4, 0.5) is 0 Å². The minimum atomic E-state index is -0.331. The van der Waals surface area contributed by atoms with Crippen molar-refractivity contribution < 1.29 is 14.3 Å². The van der Waals surface area contributed by atoms with E-state index in [4.69, 9.17) is 4.74 Å². The summed E-state index contributed by atoms with van der Waals surface area (Å²) in [7, 11) is 3.26. The van der Waals surface area contributed by atoms with Crippen LogP contribution >= 0.6 is 0 Å². The number of methoxy groups -OCH3 is 1. The summed E-state index contributed by atoms with van der Waals surface area (Å²) >= 11 is 0. The number of hydrogen-bond donors (Lipinski definition) is 1. The van der Waals surface area contributed by atoms with Crippen LogP contribution in [0.25, 0.3) is 0 Å². The average Bonchev–Trinajstić information content (AvgIpc) is 2.41. The Kier molecular flexibility index (Phi) is 8.83. The predicted molar refractivity (Wildman–Crippen MR) is 89.3 cm³/mol. The van der Waals surface area contributed by atoms with Gasteiger partial charge in [-0.05, 0) is 18.3 Å². The van der Waals surface area contributed by atoms with Crippen molar-refractivity contribution in [1.29, 1.82) is 0 Å². The highest BCUT2D eigenvalue weighted by Gasteiger charge is 2.24. The summed E-state index contributed by atoms with van der Waals surface area (Å²) in [6.45, 7) is 10.5. The van der Waals surface area contributed by atoms with Crippen molar-refractivity contribution in [1.82, 2.24) is 10.2 Å². The Morgan fingerprint density at radius 3 is 2.27 bits per heavy atom. The quantitative estimate of drug-likeness (QED) is 0.700. The Morgan fingerprint density at radius 1 is 1.27 bits per heavy atom. The van der Waals surface area contributed by atoms with Gasteiger partial charge in [-0.2, -0.15) is 0 Å². The molecular formula is C17H32N2O3. The standard InChI is InChI=1S/C17H32N2O3/c1-8-10-13(12-18-15(20)11-17(3,4)5)19(6)14(9-2)16(21)22-7/h10,14H,8-9,11-12H2,1-7H3,(H,18,20)/b13-10+. The van der Waals surface area contributed by atoms with Crippen molar-refractivity contribution in [2.45, 2.75) is 59.9 Å². The predicted octanol–water partition coefficient (Wildman–Crippen LogP) is 2.72. The number of allylic oxidation sites excluding steroid dienone is 1. The van der Waals surface area contributed by atoms with E-state index >= 15 is 0 Å². The Hall–Kier alpha value is -1.52. The fourth-order valence-corrected chi connectivity index (χ4v) is 2.24. The zero-order valence-corrected chi connectivity index (χ0v) is 15.2. The molecule has 0 saturated heterocycles. The number of ether oxygens (including phenoxy) is 1. The molecule has 0 spiro atoms. The fourth-order valence-electron chi connectivity index (χ4n) is 2.24. The normalized spacial score (nSPS) is 13.5. The van der Waals surface area contributed by atoms with Gasteiger partial charge < -0.3 is 15.0 Å². The first-order chi connectivity index (χ1) is 10.2. The van der Waals surface area contributed by atoms with Gasteiger partial charge in [-0.25, -0.2) is 4.79 Å². The van der Waals surface area contributed by atoms with E-state index in [1.54, 1.807) is 0 Å². The molecule has 0 aliphatic heterocycles. The highest BCUT2D eigenvalue weighted by Crippen LogP contribution is 2.18. The number of esters is 1. The van der Waals surface area contributed by atoms with E-state index in [-0.39, 0.29) is 23.3 Å². The summed E-state index contributed by atoms with van der Waals surface area (Å²) in [5, 5.41) is 2.94. The van der Waals surface area contributed by atoms with Crippen molar-refractivity contribution >= 4 is 11.9 Å². The zero-order valence-electron chi connectivity index (χ0n) is 15.2. The topological polar surface area (TPSA) is 58.6 Å². The van der Waals surface area contributed by atoms with E-state index in [2.05, 4.69) is 5.32 Å². The maximum atomic E-state index is 12.0. The van der Waals surface area contributed by atoms with Crippen LogP contribution in [0, 0.1) is 5.41 Å². The van der Waals surface area contributed by atoms with E-state index in [9.17, 15) is 9.59 Å². The largest absolute Gasteiger partial charge is 0.467 e. The number of hydrogen-bond acceptors (Lipinski definition) is 4. The molecule has 1 atom stereocenters. The second kappa shape index (κ2) is 9.49. The number of nitrogens with one attached hydrogen (secondary N) is 1. The molecule has 0 aliphatic rings. The third-order valence-corrected chi connectivity index (χ3v) is 3.38. The van der Waals surface area contributed by atoms with Crippen LogP contribution in [0.2, 0.25) is 0 Å². The van der Waals surface area contributed by atoms with E-state index in [0.717, 1.165) is 12.1 Å².